The van der Waals surface area contributed by atoms with Gasteiger partial charge in [-0.1, -0.05) is 23.7 Å². The predicted octanol–water partition coefficient (Wildman–Crippen LogP) is 2.65. The number of hydrogen-bond donors (Lipinski definition) is 1. The van der Waals surface area contributed by atoms with Crippen molar-refractivity contribution in [2.24, 2.45) is 0 Å². The van der Waals surface area contributed by atoms with Gasteiger partial charge in [-0.3, -0.25) is 14.1 Å². The molecule has 0 aliphatic carbocycles. The highest BCUT2D eigenvalue weighted by Crippen LogP contribution is 2.28. The molecule has 1 saturated heterocycles. The van der Waals surface area contributed by atoms with E-state index in [-0.39, 0.29) is 5.91 Å². The topological polar surface area (TPSA) is 49.6 Å². The summed E-state index contributed by atoms with van der Waals surface area (Å²) in [4.78, 5) is 19.5. The molecule has 0 bridgehead atoms. The maximum absolute atomic E-state index is 11.6. The second-order valence-electron chi connectivity index (χ2n) is 5.53. The summed E-state index contributed by atoms with van der Waals surface area (Å²) >= 11 is 7.60. The quantitative estimate of drug-likeness (QED) is 0.793. The number of amides is 1. The Morgan fingerprint density at radius 2 is 2.13 bits per heavy atom. The molecule has 4 rings (SSSR count). The second-order valence-corrected chi connectivity index (χ2v) is 6.84. The van der Waals surface area contributed by atoms with Gasteiger partial charge >= 0.3 is 0 Å². The summed E-state index contributed by atoms with van der Waals surface area (Å²) in [5.41, 5.74) is 3.11. The van der Waals surface area contributed by atoms with E-state index in [0.29, 0.717) is 24.7 Å². The zero-order valence-corrected chi connectivity index (χ0v) is 13.9. The van der Waals surface area contributed by atoms with Gasteiger partial charge < -0.3 is 5.32 Å². The number of imidazole rings is 1. The van der Waals surface area contributed by atoms with Crippen LogP contribution in [0, 0.1) is 0 Å². The first-order chi connectivity index (χ1) is 11.2. The normalized spacial score (nSPS) is 16.0. The molecule has 1 amide bonds. The van der Waals surface area contributed by atoms with E-state index in [4.69, 9.17) is 16.6 Å². The lowest BCUT2D eigenvalue weighted by atomic mass is 10.1. The first kappa shape index (κ1) is 14.7. The molecule has 0 unspecified atom stereocenters. The molecule has 0 radical (unpaired) electrons. The third-order valence-corrected chi connectivity index (χ3v) is 4.98. The number of carbonyl (C=O) groups is 1. The fourth-order valence-electron chi connectivity index (χ4n) is 2.86. The molecule has 1 aliphatic heterocycles. The fourth-order valence-corrected chi connectivity index (χ4v) is 3.72. The molecule has 3 aromatic rings. The summed E-state index contributed by atoms with van der Waals surface area (Å²) in [5.74, 6) is 0.0790. The number of halogens is 1. The third kappa shape index (κ3) is 2.85. The van der Waals surface area contributed by atoms with Gasteiger partial charge in [0, 0.05) is 41.8 Å². The van der Waals surface area contributed by atoms with Crippen LogP contribution in [0.25, 0.3) is 16.2 Å². The lowest BCUT2D eigenvalue weighted by molar-refractivity contribution is -0.124. The van der Waals surface area contributed by atoms with Crippen molar-refractivity contribution in [3.05, 3.63) is 46.6 Å². The number of nitrogens with one attached hydrogen (secondary N) is 1. The van der Waals surface area contributed by atoms with Crippen LogP contribution in [0.4, 0.5) is 0 Å². The third-order valence-electron chi connectivity index (χ3n) is 3.97. The van der Waals surface area contributed by atoms with E-state index >= 15 is 0 Å². The van der Waals surface area contributed by atoms with Crippen molar-refractivity contribution >= 4 is 33.8 Å². The number of hydrogen-bond acceptors (Lipinski definition) is 4. The minimum atomic E-state index is 0.0790. The van der Waals surface area contributed by atoms with Crippen LogP contribution in [0.15, 0.2) is 35.8 Å². The minimum absolute atomic E-state index is 0.0790. The molecular weight excluding hydrogens is 332 g/mol. The Labute approximate surface area is 142 Å². The highest BCUT2D eigenvalue weighted by Gasteiger charge is 2.21. The molecular formula is C16H15ClN4OS. The molecule has 118 valence electrons. The van der Waals surface area contributed by atoms with E-state index in [1.165, 1.54) is 0 Å². The first-order valence-electron chi connectivity index (χ1n) is 7.40. The van der Waals surface area contributed by atoms with Crippen LogP contribution >= 0.6 is 22.9 Å². The predicted molar refractivity (Wildman–Crippen MR) is 91.8 cm³/mol. The molecule has 5 nitrogen and oxygen atoms in total. The average Bonchev–Trinajstić information content (AvgIpc) is 3.11. The zero-order chi connectivity index (χ0) is 15.8. The van der Waals surface area contributed by atoms with Crippen LogP contribution in [0.1, 0.15) is 5.69 Å². The largest absolute Gasteiger partial charge is 0.354 e. The Kier molecular flexibility index (Phi) is 3.80. The molecule has 1 aromatic carbocycles. The van der Waals surface area contributed by atoms with Crippen molar-refractivity contribution in [1.82, 2.24) is 19.6 Å². The van der Waals surface area contributed by atoms with Crippen LogP contribution in [0.2, 0.25) is 5.02 Å². The van der Waals surface area contributed by atoms with Gasteiger partial charge in [-0.05, 0) is 12.1 Å². The number of aromatic nitrogens is 2. The van der Waals surface area contributed by atoms with Gasteiger partial charge in [0.15, 0.2) is 4.96 Å². The summed E-state index contributed by atoms with van der Waals surface area (Å²) in [6, 6.07) is 7.73. The Morgan fingerprint density at radius 3 is 2.91 bits per heavy atom. The van der Waals surface area contributed by atoms with Crippen LogP contribution in [-0.4, -0.2) is 39.8 Å². The van der Waals surface area contributed by atoms with Crippen molar-refractivity contribution in [2.45, 2.75) is 6.54 Å². The highest BCUT2D eigenvalue weighted by atomic mass is 35.5. The maximum Gasteiger partial charge on any atom is 0.234 e. The van der Waals surface area contributed by atoms with E-state index in [2.05, 4.69) is 14.6 Å². The van der Waals surface area contributed by atoms with Gasteiger partial charge in [0.05, 0.1) is 17.9 Å². The Bertz CT molecular complexity index is 855. The molecule has 1 fully saturated rings. The van der Waals surface area contributed by atoms with Crippen molar-refractivity contribution < 1.29 is 4.79 Å². The van der Waals surface area contributed by atoms with E-state index in [1.807, 2.05) is 35.8 Å². The van der Waals surface area contributed by atoms with Gasteiger partial charge in [-0.15, -0.1) is 11.3 Å². The minimum Gasteiger partial charge on any atom is -0.354 e. The average molecular weight is 347 g/mol. The van der Waals surface area contributed by atoms with Crippen molar-refractivity contribution in [2.75, 3.05) is 19.6 Å². The fraction of sp³-hybridized carbons (Fsp3) is 0.250. The van der Waals surface area contributed by atoms with E-state index in [0.717, 1.165) is 28.5 Å². The molecule has 3 heterocycles. The summed E-state index contributed by atoms with van der Waals surface area (Å²) in [5, 5.41) is 5.60. The lowest BCUT2D eigenvalue weighted by Crippen LogP contribution is -2.47. The standard InChI is InChI=1S/C16H15ClN4OS/c17-12-3-1-11(2-4-12)15-13(21-7-8-23-16(21)19-15)9-20-6-5-18-14(22)10-20/h1-4,7-8H,5-6,9-10H2,(H,18,22). The number of piperazine rings is 1. The molecule has 1 N–H and O–H groups in total. The maximum atomic E-state index is 11.6. The van der Waals surface area contributed by atoms with Crippen molar-refractivity contribution in [3.8, 4) is 11.3 Å². The monoisotopic (exact) mass is 346 g/mol. The molecule has 2 aromatic heterocycles. The number of rotatable bonds is 3. The van der Waals surface area contributed by atoms with Crippen LogP contribution in [0.5, 0.6) is 0 Å². The Balaban J connectivity index is 1.74. The van der Waals surface area contributed by atoms with E-state index in [9.17, 15) is 4.79 Å². The summed E-state index contributed by atoms with van der Waals surface area (Å²) in [7, 11) is 0. The second kappa shape index (κ2) is 5.96. The van der Waals surface area contributed by atoms with Gasteiger partial charge in [0.2, 0.25) is 5.91 Å². The van der Waals surface area contributed by atoms with Crippen LogP contribution < -0.4 is 5.32 Å². The molecule has 7 heteroatoms. The van der Waals surface area contributed by atoms with E-state index in [1.54, 1.807) is 11.3 Å². The Hall–Kier alpha value is -1.89. The van der Waals surface area contributed by atoms with Crippen molar-refractivity contribution in [3.63, 3.8) is 0 Å². The zero-order valence-electron chi connectivity index (χ0n) is 12.3. The SMILES string of the molecule is O=C1CN(Cc2c(-c3ccc(Cl)cc3)nc3sccn23)CCN1. The van der Waals surface area contributed by atoms with Crippen LogP contribution in [-0.2, 0) is 11.3 Å². The van der Waals surface area contributed by atoms with Gasteiger partial charge in [0.1, 0.15) is 0 Å². The highest BCUT2D eigenvalue weighted by molar-refractivity contribution is 7.15. The molecule has 23 heavy (non-hydrogen) atoms. The smallest absolute Gasteiger partial charge is 0.234 e. The molecule has 0 atom stereocenters. The summed E-state index contributed by atoms with van der Waals surface area (Å²) in [6.45, 7) is 2.67. The van der Waals surface area contributed by atoms with Crippen LogP contribution in [0.3, 0.4) is 0 Å². The number of benzene rings is 1. The van der Waals surface area contributed by atoms with Gasteiger partial charge in [-0.2, -0.15) is 0 Å². The first-order valence-corrected chi connectivity index (χ1v) is 8.66. The number of fused-ring (bicyclic) bond motifs is 1. The van der Waals surface area contributed by atoms with Crippen molar-refractivity contribution in [1.29, 1.82) is 0 Å². The van der Waals surface area contributed by atoms with Gasteiger partial charge in [0.25, 0.3) is 0 Å². The van der Waals surface area contributed by atoms with Gasteiger partial charge in [-0.25, -0.2) is 4.98 Å². The molecule has 1 aliphatic rings. The summed E-state index contributed by atoms with van der Waals surface area (Å²) in [6.07, 6.45) is 2.03. The Morgan fingerprint density at radius 1 is 1.30 bits per heavy atom. The summed E-state index contributed by atoms with van der Waals surface area (Å²) < 4.78 is 2.11. The molecule has 0 spiro atoms. The number of nitrogens with zero attached hydrogens (tertiary/aromatic N) is 3. The number of thiazole rings is 1. The molecule has 0 saturated carbocycles. The number of carbonyl (C=O) groups excluding carboxylic acids is 1. The van der Waals surface area contributed by atoms with E-state index < -0.39 is 0 Å². The lowest BCUT2D eigenvalue weighted by Gasteiger charge is -2.26.